The molecule has 0 aromatic heterocycles. The van der Waals surface area contributed by atoms with Crippen molar-refractivity contribution in [2.45, 2.75) is 38.0 Å². The molecule has 3 aromatic carbocycles. The third-order valence-corrected chi connectivity index (χ3v) is 7.42. The molecule has 0 unspecified atom stereocenters. The highest BCUT2D eigenvalue weighted by molar-refractivity contribution is 8.00. The normalized spacial score (nSPS) is 13.5. The molecule has 0 radical (unpaired) electrons. The molecule has 1 fully saturated rings. The Morgan fingerprint density at radius 2 is 1.78 bits per heavy atom. The Kier molecular flexibility index (Phi) is 8.65. The number of carbonyl (C=O) groups is 1. The number of rotatable bonds is 9. The second-order valence-electron chi connectivity index (χ2n) is 9.12. The predicted octanol–water partition coefficient (Wildman–Crippen LogP) is 6.13. The summed E-state index contributed by atoms with van der Waals surface area (Å²) in [5.41, 5.74) is 4.88. The molecule has 0 aliphatic carbocycles. The van der Waals surface area contributed by atoms with Gasteiger partial charge in [0, 0.05) is 48.4 Å². The summed E-state index contributed by atoms with van der Waals surface area (Å²) in [5.74, 6) is 0.864. The van der Waals surface area contributed by atoms with Gasteiger partial charge >= 0.3 is 0 Å². The van der Waals surface area contributed by atoms with Crippen LogP contribution >= 0.6 is 11.9 Å². The number of amides is 1. The molecule has 7 heteroatoms. The summed E-state index contributed by atoms with van der Waals surface area (Å²) in [5, 5.41) is 10.4. The van der Waals surface area contributed by atoms with E-state index in [1.165, 1.54) is 30.4 Å². The van der Waals surface area contributed by atoms with Gasteiger partial charge in [0.15, 0.2) is 0 Å². The van der Waals surface area contributed by atoms with Crippen molar-refractivity contribution in [1.29, 1.82) is 0 Å². The molecule has 36 heavy (non-hydrogen) atoms. The zero-order valence-electron chi connectivity index (χ0n) is 21.3. The molecule has 190 valence electrons. The Bertz CT molecular complexity index is 1170. The highest BCUT2D eigenvalue weighted by Crippen LogP contribution is 2.32. The van der Waals surface area contributed by atoms with Gasteiger partial charge in [0.05, 0.1) is 12.8 Å². The summed E-state index contributed by atoms with van der Waals surface area (Å²) in [7, 11) is 1.58. The van der Waals surface area contributed by atoms with Gasteiger partial charge in [0.25, 0.3) is 5.91 Å². The monoisotopic (exact) mass is 505 g/mol. The molecular formula is C29H35N3O3S. The van der Waals surface area contributed by atoms with E-state index < -0.39 is 0 Å². The number of methoxy groups -OCH3 is 1. The second-order valence-corrected chi connectivity index (χ2v) is 9.99. The molecule has 2 N–H and O–H groups in total. The topological polar surface area (TPSA) is 65.0 Å². The lowest BCUT2D eigenvalue weighted by Crippen LogP contribution is -2.49. The first-order chi connectivity index (χ1) is 17.5. The van der Waals surface area contributed by atoms with Crippen LogP contribution in [0.5, 0.6) is 11.5 Å². The summed E-state index contributed by atoms with van der Waals surface area (Å²) in [6.45, 7) is 6.72. The van der Waals surface area contributed by atoms with Gasteiger partial charge in [-0.2, -0.15) is 0 Å². The van der Waals surface area contributed by atoms with Crippen LogP contribution in [0.2, 0.25) is 0 Å². The SMILES string of the molecule is CCCCc1ccc(NSc2ccc(C)c(C(=O)N3CCN(c4ccc(OC)cc4O)CC3)c2)cc1. The fourth-order valence-electron chi connectivity index (χ4n) is 4.35. The molecule has 0 atom stereocenters. The molecule has 1 aliphatic rings. The zero-order valence-corrected chi connectivity index (χ0v) is 22.1. The first kappa shape index (κ1) is 25.8. The van der Waals surface area contributed by atoms with Gasteiger partial charge in [-0.05, 0) is 79.2 Å². The third-order valence-electron chi connectivity index (χ3n) is 6.59. The summed E-state index contributed by atoms with van der Waals surface area (Å²) in [4.78, 5) is 18.4. The number of anilines is 2. The van der Waals surface area contributed by atoms with E-state index in [1.54, 1.807) is 13.2 Å². The van der Waals surface area contributed by atoms with Crippen molar-refractivity contribution in [1.82, 2.24) is 4.90 Å². The smallest absolute Gasteiger partial charge is 0.254 e. The number of benzene rings is 3. The van der Waals surface area contributed by atoms with Gasteiger partial charge in [-0.15, -0.1) is 0 Å². The summed E-state index contributed by atoms with van der Waals surface area (Å²) < 4.78 is 8.58. The molecule has 0 spiro atoms. The maximum atomic E-state index is 13.4. The number of phenols is 1. The lowest BCUT2D eigenvalue weighted by Gasteiger charge is -2.36. The number of hydrogen-bond donors (Lipinski definition) is 2. The van der Waals surface area contributed by atoms with Gasteiger partial charge in [0.2, 0.25) is 0 Å². The number of phenolic OH excluding ortho intramolecular Hbond substituents is 1. The van der Waals surface area contributed by atoms with Crippen LogP contribution in [-0.2, 0) is 6.42 Å². The van der Waals surface area contributed by atoms with Crippen LogP contribution in [0.15, 0.2) is 65.6 Å². The minimum Gasteiger partial charge on any atom is -0.506 e. The number of nitrogens with zero attached hydrogens (tertiary/aromatic N) is 2. The van der Waals surface area contributed by atoms with E-state index in [0.717, 1.165) is 33.8 Å². The molecule has 4 rings (SSSR count). The number of carbonyl (C=O) groups excluding carboxylic acids is 1. The van der Waals surface area contributed by atoms with Gasteiger partial charge in [0.1, 0.15) is 11.5 Å². The fourth-order valence-corrected chi connectivity index (χ4v) is 5.04. The van der Waals surface area contributed by atoms with Crippen molar-refractivity contribution >= 4 is 29.2 Å². The van der Waals surface area contributed by atoms with Crippen LogP contribution in [0.4, 0.5) is 11.4 Å². The Balaban J connectivity index is 1.36. The molecule has 0 bridgehead atoms. The van der Waals surface area contributed by atoms with Crippen LogP contribution in [0.1, 0.15) is 41.3 Å². The highest BCUT2D eigenvalue weighted by atomic mass is 32.2. The summed E-state index contributed by atoms with van der Waals surface area (Å²) >= 11 is 1.52. The first-order valence-electron chi connectivity index (χ1n) is 12.5. The van der Waals surface area contributed by atoms with E-state index in [2.05, 4.69) is 40.8 Å². The lowest BCUT2D eigenvalue weighted by atomic mass is 10.1. The van der Waals surface area contributed by atoms with Crippen LogP contribution in [-0.4, -0.2) is 49.2 Å². The van der Waals surface area contributed by atoms with Gasteiger partial charge in [-0.3, -0.25) is 4.79 Å². The highest BCUT2D eigenvalue weighted by Gasteiger charge is 2.25. The number of aryl methyl sites for hydroxylation is 2. The molecule has 3 aromatic rings. The summed E-state index contributed by atoms with van der Waals surface area (Å²) in [6, 6.07) is 19.9. The third kappa shape index (κ3) is 6.26. The Labute approximate surface area is 218 Å². The van der Waals surface area contributed by atoms with Crippen LogP contribution in [0.25, 0.3) is 0 Å². The van der Waals surface area contributed by atoms with Crippen molar-refractivity contribution in [3.05, 3.63) is 77.4 Å². The van der Waals surface area contributed by atoms with Gasteiger partial charge in [-0.1, -0.05) is 31.5 Å². The van der Waals surface area contributed by atoms with Crippen molar-refractivity contribution in [2.24, 2.45) is 0 Å². The fraction of sp³-hybridized carbons (Fsp3) is 0.345. The maximum absolute atomic E-state index is 13.4. The molecule has 1 saturated heterocycles. The standard InChI is InChI=1S/C29H35N3O3S/c1-4-5-6-22-8-10-23(11-9-22)30-36-25-13-7-21(2)26(20-25)29(34)32-17-15-31(16-18-32)27-14-12-24(35-3)19-28(27)33/h7-14,19-20,30,33H,4-6,15-18H2,1-3H3. The predicted molar refractivity (Wildman–Crippen MR) is 148 cm³/mol. The molecule has 6 nitrogen and oxygen atoms in total. The van der Waals surface area contributed by atoms with E-state index in [0.29, 0.717) is 31.9 Å². The summed E-state index contributed by atoms with van der Waals surface area (Å²) in [6.07, 6.45) is 3.52. The van der Waals surface area contributed by atoms with Crippen molar-refractivity contribution in [3.8, 4) is 11.5 Å². The van der Waals surface area contributed by atoms with E-state index in [1.807, 2.05) is 42.2 Å². The largest absolute Gasteiger partial charge is 0.506 e. The van der Waals surface area contributed by atoms with E-state index in [9.17, 15) is 9.90 Å². The van der Waals surface area contributed by atoms with Crippen LogP contribution in [0, 0.1) is 6.92 Å². The number of unbranched alkanes of at least 4 members (excludes halogenated alkanes) is 1. The Morgan fingerprint density at radius 3 is 2.44 bits per heavy atom. The van der Waals surface area contributed by atoms with Gasteiger partial charge in [-0.25, -0.2) is 0 Å². The van der Waals surface area contributed by atoms with Crippen molar-refractivity contribution in [2.75, 3.05) is 42.9 Å². The number of aromatic hydroxyl groups is 1. The van der Waals surface area contributed by atoms with Gasteiger partial charge < -0.3 is 24.4 Å². The quantitative estimate of drug-likeness (QED) is 0.341. The number of piperazine rings is 1. The zero-order chi connectivity index (χ0) is 25.5. The molecule has 1 amide bonds. The van der Waals surface area contributed by atoms with Crippen LogP contribution < -0.4 is 14.4 Å². The van der Waals surface area contributed by atoms with Crippen LogP contribution in [0.3, 0.4) is 0 Å². The average Bonchev–Trinajstić information content (AvgIpc) is 2.91. The molecular weight excluding hydrogens is 470 g/mol. The number of nitrogens with one attached hydrogen (secondary N) is 1. The van der Waals surface area contributed by atoms with E-state index >= 15 is 0 Å². The minimum absolute atomic E-state index is 0.0498. The first-order valence-corrected chi connectivity index (χ1v) is 13.3. The maximum Gasteiger partial charge on any atom is 0.254 e. The average molecular weight is 506 g/mol. The van der Waals surface area contributed by atoms with E-state index in [4.69, 9.17) is 4.74 Å². The molecule has 1 heterocycles. The Hall–Kier alpha value is -3.32. The van der Waals surface area contributed by atoms with E-state index in [-0.39, 0.29) is 11.7 Å². The molecule has 1 aliphatic heterocycles. The number of ether oxygens (including phenoxy) is 1. The lowest BCUT2D eigenvalue weighted by molar-refractivity contribution is 0.0745. The minimum atomic E-state index is 0.0498. The Morgan fingerprint density at radius 1 is 1.03 bits per heavy atom. The second kappa shape index (κ2) is 12.1. The van der Waals surface area contributed by atoms with Crippen molar-refractivity contribution in [3.63, 3.8) is 0 Å². The molecule has 0 saturated carbocycles. The number of hydrogen-bond acceptors (Lipinski definition) is 6. The van der Waals surface area contributed by atoms with Crippen molar-refractivity contribution < 1.29 is 14.6 Å².